The van der Waals surface area contributed by atoms with Crippen LogP contribution in [0, 0.1) is 6.92 Å². The molecule has 0 radical (unpaired) electrons. The van der Waals surface area contributed by atoms with Crippen LogP contribution in [-0.4, -0.2) is 32.9 Å². The van der Waals surface area contributed by atoms with E-state index in [9.17, 15) is 0 Å². The Balaban J connectivity index is 1.62. The first-order valence-electron chi connectivity index (χ1n) is 6.44. The van der Waals surface area contributed by atoms with Crippen molar-refractivity contribution in [2.45, 2.75) is 25.8 Å². The molecule has 94 valence electrons. The van der Waals surface area contributed by atoms with Crippen molar-refractivity contribution in [3.8, 4) is 0 Å². The van der Waals surface area contributed by atoms with Crippen LogP contribution in [-0.2, 0) is 6.54 Å². The minimum Gasteiger partial charge on any atom is -0.346 e. The Labute approximate surface area is 107 Å². The molecule has 2 aromatic rings. The highest BCUT2D eigenvalue weighted by Gasteiger charge is 2.25. The monoisotopic (exact) mass is 242 g/mol. The van der Waals surface area contributed by atoms with E-state index in [1.54, 1.807) is 0 Å². The Kier molecular flexibility index (Phi) is 3.11. The summed E-state index contributed by atoms with van der Waals surface area (Å²) >= 11 is 0. The fourth-order valence-corrected chi connectivity index (χ4v) is 2.59. The lowest BCUT2D eigenvalue weighted by molar-refractivity contribution is 0.325. The zero-order valence-electron chi connectivity index (χ0n) is 10.6. The second kappa shape index (κ2) is 4.90. The number of pyridine rings is 1. The van der Waals surface area contributed by atoms with Crippen molar-refractivity contribution in [3.63, 3.8) is 0 Å². The molecular weight excluding hydrogens is 224 g/mol. The number of H-pyrrole nitrogens is 1. The molecule has 0 aromatic carbocycles. The van der Waals surface area contributed by atoms with E-state index in [1.807, 2.05) is 24.7 Å². The van der Waals surface area contributed by atoms with Crippen molar-refractivity contribution in [1.29, 1.82) is 0 Å². The minimum absolute atomic E-state index is 0.551. The molecule has 2 aromatic heterocycles. The smallest absolute Gasteiger partial charge is 0.110 e. The third-order valence-electron chi connectivity index (χ3n) is 3.51. The van der Waals surface area contributed by atoms with Crippen LogP contribution >= 0.6 is 0 Å². The van der Waals surface area contributed by atoms with Gasteiger partial charge in [0.05, 0.1) is 0 Å². The summed E-state index contributed by atoms with van der Waals surface area (Å²) in [6, 6.07) is 4.14. The Bertz CT molecular complexity index is 506. The molecule has 1 aliphatic rings. The number of imidazole rings is 1. The summed E-state index contributed by atoms with van der Waals surface area (Å²) in [6.45, 7) is 5.27. The first kappa shape index (κ1) is 11.4. The molecule has 0 bridgehead atoms. The highest BCUT2D eigenvalue weighted by Crippen LogP contribution is 2.25. The van der Waals surface area contributed by atoms with Gasteiger partial charge in [0, 0.05) is 43.3 Å². The quantitative estimate of drug-likeness (QED) is 0.896. The van der Waals surface area contributed by atoms with E-state index < -0.39 is 0 Å². The number of likely N-dealkylation sites (tertiary alicyclic amines) is 1. The molecule has 4 heteroatoms. The van der Waals surface area contributed by atoms with Crippen molar-refractivity contribution < 1.29 is 0 Å². The van der Waals surface area contributed by atoms with Crippen LogP contribution in [0.1, 0.15) is 29.4 Å². The molecule has 0 amide bonds. The van der Waals surface area contributed by atoms with Crippen molar-refractivity contribution in [2.24, 2.45) is 0 Å². The second-order valence-electron chi connectivity index (χ2n) is 5.03. The van der Waals surface area contributed by atoms with E-state index in [0.29, 0.717) is 5.92 Å². The Morgan fingerprint density at radius 3 is 3.11 bits per heavy atom. The molecular formula is C14H18N4. The summed E-state index contributed by atoms with van der Waals surface area (Å²) < 4.78 is 0. The molecule has 1 atom stereocenters. The maximum Gasteiger partial charge on any atom is 0.110 e. The summed E-state index contributed by atoms with van der Waals surface area (Å²) in [6.07, 6.45) is 6.87. The molecule has 4 nitrogen and oxygen atoms in total. The maximum absolute atomic E-state index is 4.44. The van der Waals surface area contributed by atoms with Gasteiger partial charge in [0.2, 0.25) is 0 Å². The van der Waals surface area contributed by atoms with Crippen molar-refractivity contribution >= 4 is 0 Å². The third-order valence-corrected chi connectivity index (χ3v) is 3.51. The van der Waals surface area contributed by atoms with Gasteiger partial charge in [0.1, 0.15) is 5.82 Å². The van der Waals surface area contributed by atoms with Crippen LogP contribution in [0.4, 0.5) is 0 Å². The van der Waals surface area contributed by atoms with Crippen LogP contribution in [0.3, 0.4) is 0 Å². The molecule has 1 N–H and O–H groups in total. The van der Waals surface area contributed by atoms with Gasteiger partial charge in [0.15, 0.2) is 0 Å². The number of nitrogens with zero attached hydrogens (tertiary/aromatic N) is 3. The minimum atomic E-state index is 0.551. The normalized spacial score (nSPS) is 20.4. The molecule has 1 saturated heterocycles. The lowest BCUT2D eigenvalue weighted by atomic mass is 10.1. The molecule has 0 saturated carbocycles. The average molecular weight is 242 g/mol. The maximum atomic E-state index is 4.44. The standard InChI is InChI=1S/C14H18N4/c1-11-7-16-14(17-11)13-4-6-18(10-13)9-12-3-2-5-15-8-12/h2-3,5,7-8,13H,4,6,9-10H2,1H3,(H,16,17)/t13-/m1/s1. The van der Waals surface area contributed by atoms with Crippen LogP contribution in [0.15, 0.2) is 30.7 Å². The van der Waals surface area contributed by atoms with E-state index in [2.05, 4.69) is 32.8 Å². The topological polar surface area (TPSA) is 44.8 Å². The first-order valence-corrected chi connectivity index (χ1v) is 6.44. The summed E-state index contributed by atoms with van der Waals surface area (Å²) in [5, 5.41) is 0. The lowest BCUT2D eigenvalue weighted by Gasteiger charge is -2.15. The van der Waals surface area contributed by atoms with Gasteiger partial charge in [-0.3, -0.25) is 9.88 Å². The lowest BCUT2D eigenvalue weighted by Crippen LogP contribution is -2.20. The largest absolute Gasteiger partial charge is 0.346 e. The highest BCUT2D eigenvalue weighted by molar-refractivity contribution is 5.10. The molecule has 1 aliphatic heterocycles. The van der Waals surface area contributed by atoms with Gasteiger partial charge >= 0.3 is 0 Å². The average Bonchev–Trinajstić information content (AvgIpc) is 2.99. The Morgan fingerprint density at radius 1 is 1.44 bits per heavy atom. The summed E-state index contributed by atoms with van der Waals surface area (Å²) in [4.78, 5) is 14.4. The van der Waals surface area contributed by atoms with E-state index in [1.165, 1.54) is 12.0 Å². The number of hydrogen-bond acceptors (Lipinski definition) is 3. The van der Waals surface area contributed by atoms with Gasteiger partial charge < -0.3 is 4.98 Å². The fraction of sp³-hybridized carbons (Fsp3) is 0.429. The zero-order valence-corrected chi connectivity index (χ0v) is 10.6. The van der Waals surface area contributed by atoms with Crippen LogP contribution in [0.25, 0.3) is 0 Å². The first-order chi connectivity index (χ1) is 8.81. The van der Waals surface area contributed by atoms with E-state index >= 15 is 0 Å². The van der Waals surface area contributed by atoms with Gasteiger partial charge in [-0.25, -0.2) is 4.98 Å². The van der Waals surface area contributed by atoms with E-state index in [-0.39, 0.29) is 0 Å². The van der Waals surface area contributed by atoms with Crippen molar-refractivity contribution in [2.75, 3.05) is 13.1 Å². The SMILES string of the molecule is Cc1cnc([C@@H]2CCN(Cc3cccnc3)C2)[nH]1. The van der Waals surface area contributed by atoms with Crippen LogP contribution in [0.5, 0.6) is 0 Å². The number of aromatic amines is 1. The van der Waals surface area contributed by atoms with Crippen molar-refractivity contribution in [1.82, 2.24) is 19.9 Å². The van der Waals surface area contributed by atoms with Crippen molar-refractivity contribution in [3.05, 3.63) is 47.8 Å². The Morgan fingerprint density at radius 2 is 2.39 bits per heavy atom. The highest BCUT2D eigenvalue weighted by atomic mass is 15.2. The molecule has 3 rings (SSSR count). The molecule has 1 fully saturated rings. The number of aryl methyl sites for hydroxylation is 1. The van der Waals surface area contributed by atoms with E-state index in [4.69, 9.17) is 0 Å². The molecule has 3 heterocycles. The van der Waals surface area contributed by atoms with Gasteiger partial charge in [0.25, 0.3) is 0 Å². The predicted molar refractivity (Wildman–Crippen MR) is 70.2 cm³/mol. The van der Waals surface area contributed by atoms with Gasteiger partial charge in [-0.05, 0) is 31.5 Å². The molecule has 18 heavy (non-hydrogen) atoms. The number of aromatic nitrogens is 3. The van der Waals surface area contributed by atoms with Crippen LogP contribution in [0.2, 0.25) is 0 Å². The van der Waals surface area contributed by atoms with Crippen LogP contribution < -0.4 is 0 Å². The second-order valence-corrected chi connectivity index (χ2v) is 5.03. The number of nitrogens with one attached hydrogen (secondary N) is 1. The third kappa shape index (κ3) is 2.43. The molecule has 0 unspecified atom stereocenters. The van der Waals surface area contributed by atoms with Gasteiger partial charge in [-0.2, -0.15) is 0 Å². The Hall–Kier alpha value is -1.68. The summed E-state index contributed by atoms with van der Waals surface area (Å²) in [5.74, 6) is 1.69. The zero-order chi connectivity index (χ0) is 12.4. The van der Waals surface area contributed by atoms with E-state index in [0.717, 1.165) is 31.2 Å². The predicted octanol–water partition coefficient (Wildman–Crippen LogP) is 2.10. The summed E-state index contributed by atoms with van der Waals surface area (Å²) in [5.41, 5.74) is 2.43. The molecule has 0 spiro atoms. The number of rotatable bonds is 3. The number of hydrogen-bond donors (Lipinski definition) is 1. The summed E-state index contributed by atoms with van der Waals surface area (Å²) in [7, 11) is 0. The fourth-order valence-electron chi connectivity index (χ4n) is 2.59. The van der Waals surface area contributed by atoms with Gasteiger partial charge in [-0.1, -0.05) is 6.07 Å². The molecule has 0 aliphatic carbocycles. The van der Waals surface area contributed by atoms with Gasteiger partial charge in [-0.15, -0.1) is 0 Å².